The molecule has 0 aliphatic heterocycles. The van der Waals surface area contributed by atoms with E-state index in [9.17, 15) is 14.0 Å². The van der Waals surface area contributed by atoms with Crippen molar-refractivity contribution in [2.24, 2.45) is 0 Å². The lowest BCUT2D eigenvalue weighted by Gasteiger charge is -2.15. The Morgan fingerprint density at radius 1 is 1.10 bits per heavy atom. The summed E-state index contributed by atoms with van der Waals surface area (Å²) < 4.78 is 18.5. The molecule has 0 spiro atoms. The zero-order chi connectivity index (χ0) is 22.4. The van der Waals surface area contributed by atoms with Gasteiger partial charge in [0.1, 0.15) is 17.6 Å². The molecule has 31 heavy (non-hydrogen) atoms. The monoisotopic (exact) mass is 461 g/mol. The molecule has 0 aliphatic carbocycles. The number of pyridine rings is 1. The van der Waals surface area contributed by atoms with E-state index in [4.69, 9.17) is 27.9 Å². The predicted molar refractivity (Wildman–Crippen MR) is 116 cm³/mol. The molecule has 0 bridgehead atoms. The van der Waals surface area contributed by atoms with Crippen molar-refractivity contribution < 1.29 is 18.7 Å². The van der Waals surface area contributed by atoms with Gasteiger partial charge in [-0.25, -0.2) is 9.37 Å². The summed E-state index contributed by atoms with van der Waals surface area (Å²) >= 11 is 12.0. The highest BCUT2D eigenvalue weighted by Gasteiger charge is 2.19. The van der Waals surface area contributed by atoms with Gasteiger partial charge in [-0.1, -0.05) is 35.3 Å². The van der Waals surface area contributed by atoms with Crippen LogP contribution in [-0.4, -0.2) is 22.8 Å². The summed E-state index contributed by atoms with van der Waals surface area (Å²) in [5, 5.41) is 5.69. The van der Waals surface area contributed by atoms with E-state index in [-0.39, 0.29) is 33.9 Å². The van der Waals surface area contributed by atoms with Gasteiger partial charge in [-0.3, -0.25) is 9.59 Å². The number of ether oxygens (including phenoxy) is 1. The van der Waals surface area contributed by atoms with Crippen LogP contribution in [0, 0.1) is 5.82 Å². The second-order valence-electron chi connectivity index (χ2n) is 6.57. The minimum absolute atomic E-state index is 0.128. The molecule has 0 saturated heterocycles. The molecule has 0 fully saturated rings. The van der Waals surface area contributed by atoms with Crippen LogP contribution in [-0.2, 0) is 11.3 Å². The zero-order valence-corrected chi connectivity index (χ0v) is 17.9. The van der Waals surface area contributed by atoms with Crippen LogP contribution in [0.25, 0.3) is 0 Å². The normalized spacial score (nSPS) is 11.5. The number of halogens is 3. The SMILES string of the molecule is CC(NC(=O)c1cccc(Cl)c1Cl)C(=O)NCc1ccc(Oc2ccc(F)cc2)nc1. The third kappa shape index (κ3) is 6.16. The third-order valence-electron chi connectivity index (χ3n) is 4.24. The Kier molecular flexibility index (Phi) is 7.44. The lowest BCUT2D eigenvalue weighted by atomic mass is 10.2. The first kappa shape index (κ1) is 22.5. The lowest BCUT2D eigenvalue weighted by molar-refractivity contribution is -0.122. The number of rotatable bonds is 7. The maximum absolute atomic E-state index is 12.9. The van der Waals surface area contributed by atoms with E-state index in [1.54, 1.807) is 37.4 Å². The molecule has 3 rings (SSSR count). The molecule has 0 aliphatic rings. The first-order chi connectivity index (χ1) is 14.8. The maximum atomic E-state index is 12.9. The predicted octanol–water partition coefficient (Wildman–Crippen LogP) is 4.75. The van der Waals surface area contributed by atoms with Gasteiger partial charge in [0.25, 0.3) is 5.91 Å². The first-order valence-corrected chi connectivity index (χ1v) is 10.00. The third-order valence-corrected chi connectivity index (χ3v) is 5.06. The number of hydrogen-bond acceptors (Lipinski definition) is 4. The molecule has 1 unspecified atom stereocenters. The van der Waals surface area contributed by atoms with E-state index in [0.717, 1.165) is 5.56 Å². The summed E-state index contributed by atoms with van der Waals surface area (Å²) in [6.07, 6.45) is 1.55. The van der Waals surface area contributed by atoms with Crippen molar-refractivity contribution in [3.63, 3.8) is 0 Å². The molecule has 1 atom stereocenters. The molecule has 6 nitrogen and oxygen atoms in total. The molecule has 2 aromatic carbocycles. The van der Waals surface area contributed by atoms with Crippen molar-refractivity contribution in [3.8, 4) is 11.6 Å². The zero-order valence-electron chi connectivity index (χ0n) is 16.4. The molecule has 3 aromatic rings. The van der Waals surface area contributed by atoms with Crippen LogP contribution in [0.1, 0.15) is 22.8 Å². The fraction of sp³-hybridized carbons (Fsp3) is 0.136. The number of nitrogens with one attached hydrogen (secondary N) is 2. The number of benzene rings is 2. The quantitative estimate of drug-likeness (QED) is 0.531. The highest BCUT2D eigenvalue weighted by molar-refractivity contribution is 6.43. The Labute approximate surface area is 188 Å². The van der Waals surface area contributed by atoms with Gasteiger partial charge in [-0.2, -0.15) is 0 Å². The summed E-state index contributed by atoms with van der Waals surface area (Å²) in [5.74, 6) is -0.440. The second kappa shape index (κ2) is 10.2. The fourth-order valence-electron chi connectivity index (χ4n) is 2.56. The van der Waals surface area contributed by atoms with Crippen molar-refractivity contribution in [1.29, 1.82) is 0 Å². The van der Waals surface area contributed by atoms with Gasteiger partial charge in [0.15, 0.2) is 0 Å². The molecule has 2 amide bonds. The summed E-state index contributed by atoms with van der Waals surface area (Å²) in [5.41, 5.74) is 0.922. The van der Waals surface area contributed by atoms with E-state index in [0.29, 0.717) is 11.6 Å². The lowest BCUT2D eigenvalue weighted by Crippen LogP contribution is -2.44. The van der Waals surface area contributed by atoms with Crippen LogP contribution in [0.4, 0.5) is 4.39 Å². The summed E-state index contributed by atoms with van der Waals surface area (Å²) in [6.45, 7) is 1.77. The van der Waals surface area contributed by atoms with Gasteiger partial charge in [0.2, 0.25) is 11.8 Å². The molecule has 1 heterocycles. The van der Waals surface area contributed by atoms with Gasteiger partial charge in [0, 0.05) is 18.8 Å². The van der Waals surface area contributed by atoms with Crippen molar-refractivity contribution in [1.82, 2.24) is 15.6 Å². The Morgan fingerprint density at radius 3 is 2.52 bits per heavy atom. The van der Waals surface area contributed by atoms with Crippen molar-refractivity contribution >= 4 is 35.0 Å². The fourth-order valence-corrected chi connectivity index (χ4v) is 2.95. The van der Waals surface area contributed by atoms with Gasteiger partial charge < -0.3 is 15.4 Å². The van der Waals surface area contributed by atoms with Gasteiger partial charge in [-0.15, -0.1) is 0 Å². The average molecular weight is 462 g/mol. The average Bonchev–Trinajstić information content (AvgIpc) is 2.76. The highest BCUT2D eigenvalue weighted by Crippen LogP contribution is 2.25. The number of hydrogen-bond donors (Lipinski definition) is 2. The Bertz CT molecular complexity index is 1080. The molecule has 0 radical (unpaired) electrons. The minimum Gasteiger partial charge on any atom is -0.439 e. The molecule has 160 valence electrons. The highest BCUT2D eigenvalue weighted by atomic mass is 35.5. The standard InChI is InChI=1S/C22H18Cl2FN3O3/c1-13(28-22(30)17-3-2-4-18(23)20(17)24)21(29)27-12-14-5-10-19(26-11-14)31-16-8-6-15(25)7-9-16/h2-11,13H,12H2,1H3,(H,27,29)(H,28,30). The molecule has 2 N–H and O–H groups in total. The summed E-state index contributed by atoms with van der Waals surface area (Å²) in [4.78, 5) is 28.8. The summed E-state index contributed by atoms with van der Waals surface area (Å²) in [6, 6.07) is 12.9. The van der Waals surface area contributed by atoms with Gasteiger partial charge >= 0.3 is 0 Å². The smallest absolute Gasteiger partial charge is 0.253 e. The van der Waals surface area contributed by atoms with Crippen LogP contribution in [0.15, 0.2) is 60.8 Å². The molecule has 0 saturated carbocycles. The Balaban J connectivity index is 1.51. The topological polar surface area (TPSA) is 80.3 Å². The van der Waals surface area contributed by atoms with Gasteiger partial charge in [0.05, 0.1) is 15.6 Å². The van der Waals surface area contributed by atoms with E-state index >= 15 is 0 Å². The van der Waals surface area contributed by atoms with Crippen molar-refractivity contribution in [3.05, 3.63) is 87.8 Å². The van der Waals surface area contributed by atoms with Gasteiger partial charge in [-0.05, 0) is 48.9 Å². The second-order valence-corrected chi connectivity index (χ2v) is 7.36. The number of amides is 2. The van der Waals surface area contributed by atoms with Crippen LogP contribution in [0.2, 0.25) is 10.0 Å². The van der Waals surface area contributed by atoms with E-state index in [2.05, 4.69) is 15.6 Å². The number of carbonyl (C=O) groups excluding carboxylic acids is 2. The largest absolute Gasteiger partial charge is 0.439 e. The van der Waals surface area contributed by atoms with Crippen LogP contribution in [0.5, 0.6) is 11.6 Å². The number of carbonyl (C=O) groups is 2. The van der Waals surface area contributed by atoms with Crippen LogP contribution in [0.3, 0.4) is 0 Å². The van der Waals surface area contributed by atoms with E-state index in [1.165, 1.54) is 30.3 Å². The maximum Gasteiger partial charge on any atom is 0.253 e. The van der Waals surface area contributed by atoms with E-state index in [1.807, 2.05) is 0 Å². The van der Waals surface area contributed by atoms with Crippen LogP contribution >= 0.6 is 23.2 Å². The molecule has 1 aromatic heterocycles. The summed E-state index contributed by atoms with van der Waals surface area (Å²) in [7, 11) is 0. The molecular formula is C22H18Cl2FN3O3. The van der Waals surface area contributed by atoms with Crippen LogP contribution < -0.4 is 15.4 Å². The first-order valence-electron chi connectivity index (χ1n) is 9.24. The molecular weight excluding hydrogens is 444 g/mol. The minimum atomic E-state index is -0.795. The van der Waals surface area contributed by atoms with Crippen molar-refractivity contribution in [2.75, 3.05) is 0 Å². The Morgan fingerprint density at radius 2 is 1.84 bits per heavy atom. The number of aromatic nitrogens is 1. The van der Waals surface area contributed by atoms with Crippen molar-refractivity contribution in [2.45, 2.75) is 19.5 Å². The van der Waals surface area contributed by atoms with E-state index < -0.39 is 11.9 Å². The number of nitrogens with zero attached hydrogens (tertiary/aromatic N) is 1. The Hall–Kier alpha value is -3.16. The molecule has 9 heteroatoms.